The summed E-state index contributed by atoms with van der Waals surface area (Å²) in [4.78, 5) is 31.1. The van der Waals surface area contributed by atoms with Crippen LogP contribution in [-0.2, 0) is 9.59 Å². The van der Waals surface area contributed by atoms with E-state index in [1.807, 2.05) is 0 Å². The third-order valence-electron chi connectivity index (χ3n) is 5.28. The van der Waals surface area contributed by atoms with Gasteiger partial charge in [-0.15, -0.1) is 0 Å². The molecule has 1 aliphatic rings. The van der Waals surface area contributed by atoms with Gasteiger partial charge >= 0.3 is 0 Å². The zero-order valence-electron chi connectivity index (χ0n) is 17.6. The van der Waals surface area contributed by atoms with E-state index in [0.29, 0.717) is 11.6 Å². The first kappa shape index (κ1) is 21.9. The standard InChI is InChI=1S/C24H18F2N2O5/c1-32-17-6-3-7-18(33-2)19(17)22(29)20-21(13-5-4-10-27-12-13)28(24(31)23(20)30)16-9-8-14(25)11-15(16)26/h3-12,21,29H,1-2H3/b22-20+. The smallest absolute Gasteiger partial charge is 0.300 e. The van der Waals surface area contributed by atoms with Gasteiger partial charge in [0, 0.05) is 18.5 Å². The Morgan fingerprint density at radius 3 is 2.30 bits per heavy atom. The summed E-state index contributed by atoms with van der Waals surface area (Å²) in [6.45, 7) is 0. The maximum Gasteiger partial charge on any atom is 0.300 e. The van der Waals surface area contributed by atoms with Crippen LogP contribution in [0.5, 0.6) is 11.5 Å². The van der Waals surface area contributed by atoms with Gasteiger partial charge in [0.05, 0.1) is 31.5 Å². The molecule has 3 aromatic rings. The topological polar surface area (TPSA) is 89.0 Å². The number of methoxy groups -OCH3 is 2. The molecule has 1 amide bonds. The van der Waals surface area contributed by atoms with Crippen LogP contribution in [0.3, 0.4) is 0 Å². The SMILES string of the molecule is COc1cccc(OC)c1/C(O)=C1\C(=O)C(=O)N(c2ccc(F)cc2F)C1c1cccnc1. The number of Topliss-reactive ketones (excluding diaryl/α,β-unsaturated/α-hetero) is 1. The number of nitrogens with zero attached hydrogens (tertiary/aromatic N) is 2. The zero-order valence-corrected chi connectivity index (χ0v) is 17.6. The lowest BCUT2D eigenvalue weighted by atomic mass is 9.95. The van der Waals surface area contributed by atoms with E-state index >= 15 is 0 Å². The van der Waals surface area contributed by atoms with Gasteiger partial charge in [0.25, 0.3) is 11.7 Å². The molecule has 1 atom stereocenters. The highest BCUT2D eigenvalue weighted by Gasteiger charge is 2.48. The molecule has 0 saturated carbocycles. The number of carbonyl (C=O) groups is 2. The molecule has 1 fully saturated rings. The van der Waals surface area contributed by atoms with E-state index in [-0.39, 0.29) is 28.3 Å². The molecule has 1 N–H and O–H groups in total. The normalized spacial score (nSPS) is 17.3. The Kier molecular flexibility index (Phi) is 5.78. The van der Waals surface area contributed by atoms with Crippen molar-refractivity contribution in [1.29, 1.82) is 0 Å². The van der Waals surface area contributed by atoms with Crippen LogP contribution in [0.2, 0.25) is 0 Å². The minimum absolute atomic E-state index is 0.0500. The van der Waals surface area contributed by atoms with Crippen molar-refractivity contribution in [1.82, 2.24) is 4.98 Å². The summed E-state index contributed by atoms with van der Waals surface area (Å²) >= 11 is 0. The van der Waals surface area contributed by atoms with Crippen LogP contribution in [0.4, 0.5) is 14.5 Å². The molecular formula is C24H18F2N2O5. The van der Waals surface area contributed by atoms with E-state index in [4.69, 9.17) is 9.47 Å². The van der Waals surface area contributed by atoms with Crippen LogP contribution in [0.25, 0.3) is 5.76 Å². The van der Waals surface area contributed by atoms with E-state index in [2.05, 4.69) is 4.98 Å². The quantitative estimate of drug-likeness (QED) is 0.358. The first-order chi connectivity index (χ1) is 15.9. The first-order valence-corrected chi connectivity index (χ1v) is 9.76. The molecule has 9 heteroatoms. The van der Waals surface area contributed by atoms with Gasteiger partial charge in [0.2, 0.25) is 0 Å². The minimum atomic E-state index is -1.24. The second-order valence-corrected chi connectivity index (χ2v) is 7.09. The predicted molar refractivity (Wildman–Crippen MR) is 115 cm³/mol. The number of rotatable bonds is 5. The highest BCUT2D eigenvalue weighted by Crippen LogP contribution is 2.45. The number of carbonyl (C=O) groups excluding carboxylic acids is 2. The van der Waals surface area contributed by atoms with Gasteiger partial charge in [-0.1, -0.05) is 12.1 Å². The van der Waals surface area contributed by atoms with Gasteiger partial charge < -0.3 is 14.6 Å². The molecule has 33 heavy (non-hydrogen) atoms. The summed E-state index contributed by atoms with van der Waals surface area (Å²) in [7, 11) is 2.74. The number of aromatic nitrogens is 1. The average molecular weight is 452 g/mol. The number of hydrogen-bond acceptors (Lipinski definition) is 6. The minimum Gasteiger partial charge on any atom is -0.506 e. The fraction of sp³-hybridized carbons (Fsp3) is 0.125. The molecule has 4 rings (SSSR count). The van der Waals surface area contributed by atoms with Crippen molar-refractivity contribution in [3.63, 3.8) is 0 Å². The molecule has 168 valence electrons. The Morgan fingerprint density at radius 2 is 1.73 bits per heavy atom. The molecule has 0 radical (unpaired) electrons. The molecule has 0 bridgehead atoms. The zero-order chi connectivity index (χ0) is 23.7. The molecule has 1 unspecified atom stereocenters. The van der Waals surface area contributed by atoms with Crippen molar-refractivity contribution >= 4 is 23.1 Å². The lowest BCUT2D eigenvalue weighted by Gasteiger charge is -2.25. The van der Waals surface area contributed by atoms with Gasteiger partial charge in [-0.05, 0) is 35.9 Å². The Morgan fingerprint density at radius 1 is 1.03 bits per heavy atom. The number of pyridine rings is 1. The lowest BCUT2D eigenvalue weighted by molar-refractivity contribution is -0.132. The molecule has 2 aromatic carbocycles. The van der Waals surface area contributed by atoms with Crippen LogP contribution in [-0.4, -0.2) is 36.0 Å². The van der Waals surface area contributed by atoms with Crippen LogP contribution >= 0.6 is 0 Å². The second kappa shape index (κ2) is 8.70. The fourth-order valence-corrected chi connectivity index (χ4v) is 3.83. The van der Waals surface area contributed by atoms with Crippen LogP contribution in [0.1, 0.15) is 17.2 Å². The molecule has 1 aromatic heterocycles. The van der Waals surface area contributed by atoms with Crippen molar-refractivity contribution in [2.24, 2.45) is 0 Å². The number of halogens is 2. The van der Waals surface area contributed by atoms with Crippen molar-refractivity contribution in [2.45, 2.75) is 6.04 Å². The van der Waals surface area contributed by atoms with Gasteiger partial charge in [0.1, 0.15) is 34.5 Å². The number of benzene rings is 2. The van der Waals surface area contributed by atoms with E-state index < -0.39 is 35.1 Å². The summed E-state index contributed by atoms with van der Waals surface area (Å²) in [5.41, 5.74) is -0.261. The van der Waals surface area contributed by atoms with Crippen molar-refractivity contribution in [2.75, 3.05) is 19.1 Å². The highest BCUT2D eigenvalue weighted by molar-refractivity contribution is 6.51. The van der Waals surface area contributed by atoms with Gasteiger partial charge in [-0.2, -0.15) is 0 Å². The van der Waals surface area contributed by atoms with E-state index in [1.165, 1.54) is 26.6 Å². The van der Waals surface area contributed by atoms with Crippen LogP contribution in [0.15, 0.2) is 66.5 Å². The Bertz CT molecular complexity index is 1250. The van der Waals surface area contributed by atoms with Gasteiger partial charge in [0.15, 0.2) is 0 Å². The first-order valence-electron chi connectivity index (χ1n) is 9.76. The number of aliphatic hydroxyl groups excluding tert-OH is 1. The number of ketones is 1. The molecule has 7 nitrogen and oxygen atoms in total. The average Bonchev–Trinajstić information content (AvgIpc) is 3.09. The van der Waals surface area contributed by atoms with Gasteiger partial charge in [-0.3, -0.25) is 19.5 Å². The molecule has 0 aliphatic carbocycles. The summed E-state index contributed by atoms with van der Waals surface area (Å²) < 4.78 is 38.9. The Balaban J connectivity index is 2.02. The Hall–Kier alpha value is -4.27. The number of amides is 1. The predicted octanol–water partition coefficient (Wildman–Crippen LogP) is 4.00. The van der Waals surface area contributed by atoms with Crippen molar-refractivity contribution in [3.8, 4) is 11.5 Å². The molecular weight excluding hydrogens is 434 g/mol. The fourth-order valence-electron chi connectivity index (χ4n) is 3.83. The summed E-state index contributed by atoms with van der Waals surface area (Å²) in [5, 5.41) is 11.3. The van der Waals surface area contributed by atoms with E-state index in [0.717, 1.165) is 17.0 Å². The lowest BCUT2D eigenvalue weighted by Crippen LogP contribution is -2.30. The number of ether oxygens (including phenoxy) is 2. The molecule has 2 heterocycles. The summed E-state index contributed by atoms with van der Waals surface area (Å²) in [6, 6.07) is 9.26. The maximum atomic E-state index is 14.7. The molecule has 1 saturated heterocycles. The number of anilines is 1. The largest absolute Gasteiger partial charge is 0.506 e. The van der Waals surface area contributed by atoms with E-state index in [9.17, 15) is 23.5 Å². The van der Waals surface area contributed by atoms with Crippen LogP contribution < -0.4 is 14.4 Å². The summed E-state index contributed by atoms with van der Waals surface area (Å²) in [6.07, 6.45) is 2.87. The van der Waals surface area contributed by atoms with E-state index in [1.54, 1.807) is 30.3 Å². The number of aliphatic hydroxyl groups is 1. The van der Waals surface area contributed by atoms with Crippen molar-refractivity contribution < 1.29 is 33.0 Å². The maximum absolute atomic E-state index is 14.7. The molecule has 1 aliphatic heterocycles. The van der Waals surface area contributed by atoms with Crippen LogP contribution in [0, 0.1) is 11.6 Å². The van der Waals surface area contributed by atoms with Crippen molar-refractivity contribution in [3.05, 3.63) is 89.3 Å². The number of hydrogen-bond donors (Lipinski definition) is 1. The third-order valence-corrected chi connectivity index (χ3v) is 5.28. The monoisotopic (exact) mass is 452 g/mol. The summed E-state index contributed by atoms with van der Waals surface area (Å²) in [5.74, 6) is -4.22. The molecule has 0 spiro atoms. The highest BCUT2D eigenvalue weighted by atomic mass is 19.1. The Labute approximate surface area is 187 Å². The second-order valence-electron chi connectivity index (χ2n) is 7.09. The van der Waals surface area contributed by atoms with Gasteiger partial charge in [-0.25, -0.2) is 8.78 Å². The third kappa shape index (κ3) is 3.67.